The van der Waals surface area contributed by atoms with Crippen molar-refractivity contribution in [3.63, 3.8) is 0 Å². The van der Waals surface area contributed by atoms with Gasteiger partial charge in [-0.1, -0.05) is 6.07 Å². The van der Waals surface area contributed by atoms with Crippen molar-refractivity contribution in [3.05, 3.63) is 53.8 Å². The molecule has 0 fully saturated rings. The number of carbonyl (C=O) groups is 1. The monoisotopic (exact) mass is 330 g/mol. The molecule has 0 atom stereocenters. The molecule has 0 saturated carbocycles. The number of amides is 2. The molecule has 2 amide bonds. The first-order valence-electron chi connectivity index (χ1n) is 5.99. The first-order chi connectivity index (χ1) is 10.3. The Morgan fingerprint density at radius 1 is 1.05 bits per heavy atom. The Balaban J connectivity index is 2.14. The molecule has 0 bridgehead atoms. The Hall–Kier alpha value is -2.22. The van der Waals surface area contributed by atoms with Gasteiger partial charge in [-0.3, -0.25) is 0 Å². The predicted octanol–water partition coefficient (Wildman–Crippen LogP) is 4.78. The minimum absolute atomic E-state index is 0.373. The van der Waals surface area contributed by atoms with Gasteiger partial charge >= 0.3 is 12.2 Å². The van der Waals surface area contributed by atoms with E-state index in [1.807, 2.05) is 5.32 Å². The minimum atomic E-state index is -4.62. The van der Waals surface area contributed by atoms with E-state index in [1.165, 1.54) is 6.07 Å². The summed E-state index contributed by atoms with van der Waals surface area (Å²) in [5.41, 5.74) is -1.24. The molecular formula is C14H10F4N2OS. The molecule has 8 heteroatoms. The van der Waals surface area contributed by atoms with Crippen molar-refractivity contribution in [2.24, 2.45) is 0 Å². The van der Waals surface area contributed by atoms with Crippen LogP contribution in [0.4, 0.5) is 33.7 Å². The number of benzene rings is 2. The molecular weight excluding hydrogens is 320 g/mol. The van der Waals surface area contributed by atoms with E-state index >= 15 is 0 Å². The average Bonchev–Trinajstić information content (AvgIpc) is 2.40. The first kappa shape index (κ1) is 16.2. The highest BCUT2D eigenvalue weighted by Gasteiger charge is 2.31. The number of hydrogen-bond donors (Lipinski definition) is 3. The summed E-state index contributed by atoms with van der Waals surface area (Å²) < 4.78 is 51.2. The average molecular weight is 330 g/mol. The van der Waals surface area contributed by atoms with Gasteiger partial charge in [-0.15, -0.1) is 12.6 Å². The SMILES string of the molecule is O=C(Nc1cccc(S)c1)Nc1cc(C(F)(F)F)ccc1F. The molecule has 0 unspecified atom stereocenters. The number of thiol groups is 1. The Morgan fingerprint density at radius 3 is 2.41 bits per heavy atom. The summed E-state index contributed by atoms with van der Waals surface area (Å²) in [5, 5.41) is 4.41. The lowest BCUT2D eigenvalue weighted by Gasteiger charge is -2.12. The standard InChI is InChI=1S/C14H10F4N2OS/c15-11-5-4-8(14(16,17)18)6-12(11)20-13(21)19-9-2-1-3-10(22)7-9/h1-7,22H,(H2,19,20,21). The van der Waals surface area contributed by atoms with Crippen LogP contribution in [0.1, 0.15) is 5.56 Å². The van der Waals surface area contributed by atoms with E-state index in [9.17, 15) is 22.4 Å². The second kappa shape index (κ2) is 6.27. The third kappa shape index (κ3) is 4.14. The van der Waals surface area contributed by atoms with Crippen LogP contribution in [0.5, 0.6) is 0 Å². The molecule has 2 aromatic rings. The summed E-state index contributed by atoms with van der Waals surface area (Å²) in [7, 11) is 0. The Bertz CT molecular complexity index is 703. The maximum absolute atomic E-state index is 13.5. The van der Waals surface area contributed by atoms with Gasteiger partial charge < -0.3 is 10.6 Å². The van der Waals surface area contributed by atoms with Gasteiger partial charge in [0.2, 0.25) is 0 Å². The topological polar surface area (TPSA) is 41.1 Å². The van der Waals surface area contributed by atoms with Crippen LogP contribution in [0, 0.1) is 5.82 Å². The van der Waals surface area contributed by atoms with Gasteiger partial charge in [0.25, 0.3) is 0 Å². The Kier molecular flexibility index (Phi) is 4.60. The second-order valence-electron chi connectivity index (χ2n) is 4.32. The zero-order valence-corrected chi connectivity index (χ0v) is 11.8. The smallest absolute Gasteiger partial charge is 0.308 e. The van der Waals surface area contributed by atoms with Crippen molar-refractivity contribution in [2.75, 3.05) is 10.6 Å². The highest BCUT2D eigenvalue weighted by atomic mass is 32.1. The Morgan fingerprint density at radius 2 is 1.77 bits per heavy atom. The van der Waals surface area contributed by atoms with Crippen LogP contribution in [0.3, 0.4) is 0 Å². The zero-order valence-electron chi connectivity index (χ0n) is 10.9. The number of alkyl halides is 3. The third-order valence-electron chi connectivity index (χ3n) is 2.65. The van der Waals surface area contributed by atoms with Crippen molar-refractivity contribution in [3.8, 4) is 0 Å². The molecule has 0 heterocycles. The summed E-state index contributed by atoms with van der Waals surface area (Å²) in [6.45, 7) is 0. The normalized spacial score (nSPS) is 11.1. The van der Waals surface area contributed by atoms with Gasteiger partial charge in [-0.25, -0.2) is 9.18 Å². The van der Waals surface area contributed by atoms with Crippen molar-refractivity contribution >= 4 is 30.0 Å². The minimum Gasteiger partial charge on any atom is -0.308 e. The summed E-state index contributed by atoms with van der Waals surface area (Å²) in [5.74, 6) is -0.967. The van der Waals surface area contributed by atoms with Crippen molar-refractivity contribution in [1.29, 1.82) is 0 Å². The highest BCUT2D eigenvalue weighted by molar-refractivity contribution is 7.80. The van der Waals surface area contributed by atoms with Crippen molar-refractivity contribution in [1.82, 2.24) is 0 Å². The van der Waals surface area contributed by atoms with Crippen LogP contribution in [-0.4, -0.2) is 6.03 Å². The van der Waals surface area contributed by atoms with Crippen LogP contribution in [0.2, 0.25) is 0 Å². The zero-order chi connectivity index (χ0) is 16.3. The van der Waals surface area contributed by atoms with Crippen LogP contribution >= 0.6 is 12.6 Å². The van der Waals surface area contributed by atoms with Gasteiger partial charge in [0.15, 0.2) is 0 Å². The number of urea groups is 1. The maximum atomic E-state index is 13.5. The molecule has 2 N–H and O–H groups in total. The number of halogens is 4. The highest BCUT2D eigenvalue weighted by Crippen LogP contribution is 2.31. The van der Waals surface area contributed by atoms with Crippen molar-refractivity contribution in [2.45, 2.75) is 11.1 Å². The summed E-state index contributed by atoms with van der Waals surface area (Å²) in [4.78, 5) is 12.3. The predicted molar refractivity (Wildman–Crippen MR) is 77.7 cm³/mol. The van der Waals surface area contributed by atoms with Gasteiger partial charge in [-0.05, 0) is 36.4 Å². The molecule has 0 radical (unpaired) electrons. The summed E-state index contributed by atoms with van der Waals surface area (Å²) >= 11 is 4.08. The van der Waals surface area contributed by atoms with Gasteiger partial charge in [-0.2, -0.15) is 13.2 Å². The maximum Gasteiger partial charge on any atom is 0.416 e. The fraction of sp³-hybridized carbons (Fsp3) is 0.0714. The molecule has 0 aliphatic rings. The molecule has 116 valence electrons. The molecule has 0 spiro atoms. The van der Waals surface area contributed by atoms with E-state index in [-0.39, 0.29) is 0 Å². The van der Waals surface area contributed by atoms with E-state index in [0.29, 0.717) is 28.8 Å². The van der Waals surface area contributed by atoms with Crippen LogP contribution in [-0.2, 0) is 6.18 Å². The van der Waals surface area contributed by atoms with Gasteiger partial charge in [0.1, 0.15) is 5.82 Å². The molecule has 22 heavy (non-hydrogen) atoms. The lowest BCUT2D eigenvalue weighted by Crippen LogP contribution is -2.20. The van der Waals surface area contributed by atoms with Crippen molar-refractivity contribution < 1.29 is 22.4 Å². The Labute approximate surface area is 128 Å². The van der Waals surface area contributed by atoms with E-state index in [0.717, 1.165) is 0 Å². The third-order valence-corrected chi connectivity index (χ3v) is 2.92. The summed E-state index contributed by atoms with van der Waals surface area (Å²) in [6, 6.07) is 7.31. The molecule has 0 aliphatic carbocycles. The van der Waals surface area contributed by atoms with Crippen LogP contribution in [0.25, 0.3) is 0 Å². The molecule has 0 aliphatic heterocycles. The fourth-order valence-corrected chi connectivity index (χ4v) is 1.89. The second-order valence-corrected chi connectivity index (χ2v) is 4.84. The molecule has 0 saturated heterocycles. The molecule has 2 rings (SSSR count). The van der Waals surface area contributed by atoms with Crippen LogP contribution in [0.15, 0.2) is 47.4 Å². The fourth-order valence-electron chi connectivity index (χ4n) is 1.67. The number of carbonyl (C=O) groups excluding carboxylic acids is 1. The van der Waals surface area contributed by atoms with E-state index in [4.69, 9.17) is 0 Å². The first-order valence-corrected chi connectivity index (χ1v) is 6.44. The van der Waals surface area contributed by atoms with Gasteiger partial charge in [0, 0.05) is 10.6 Å². The van der Waals surface area contributed by atoms with E-state index < -0.39 is 29.3 Å². The molecule has 0 aromatic heterocycles. The van der Waals surface area contributed by atoms with Gasteiger partial charge in [0.05, 0.1) is 11.3 Å². The number of hydrogen-bond acceptors (Lipinski definition) is 2. The largest absolute Gasteiger partial charge is 0.416 e. The van der Waals surface area contributed by atoms with Crippen LogP contribution < -0.4 is 10.6 Å². The lowest BCUT2D eigenvalue weighted by atomic mass is 10.2. The summed E-state index contributed by atoms with van der Waals surface area (Å²) in [6.07, 6.45) is -4.62. The molecule has 2 aromatic carbocycles. The lowest BCUT2D eigenvalue weighted by molar-refractivity contribution is -0.137. The molecule has 3 nitrogen and oxygen atoms in total. The quantitative estimate of drug-likeness (QED) is 0.538. The number of nitrogens with one attached hydrogen (secondary N) is 2. The number of rotatable bonds is 2. The number of anilines is 2. The van der Waals surface area contributed by atoms with E-state index in [1.54, 1.807) is 18.2 Å². The van der Waals surface area contributed by atoms with E-state index in [2.05, 4.69) is 17.9 Å².